The molecule has 7 heteroatoms. The van der Waals surface area contributed by atoms with Gasteiger partial charge in [0, 0.05) is 11.2 Å². The maximum absolute atomic E-state index is 12.3. The highest BCUT2D eigenvalue weighted by Gasteiger charge is 2.16. The minimum atomic E-state index is -3.91. The van der Waals surface area contributed by atoms with Gasteiger partial charge >= 0.3 is 10.1 Å². The van der Waals surface area contributed by atoms with E-state index in [0.717, 1.165) is 17.0 Å². The topological polar surface area (TPSA) is 65.0 Å². The van der Waals surface area contributed by atoms with Crippen LogP contribution < -0.4 is 8.92 Å². The number of hydrogen-bond donors (Lipinski definition) is 0. The van der Waals surface area contributed by atoms with Crippen molar-refractivity contribution in [2.24, 2.45) is 4.99 Å². The van der Waals surface area contributed by atoms with Crippen molar-refractivity contribution in [3.8, 4) is 11.5 Å². The maximum Gasteiger partial charge on any atom is 0.339 e. The fraction of sp³-hybridized carbons (Fsp3) is 0.0952. The Morgan fingerprint density at radius 3 is 2.11 bits per heavy atom. The van der Waals surface area contributed by atoms with Crippen molar-refractivity contribution in [2.75, 3.05) is 6.61 Å². The number of nitrogens with zero attached hydrogens (tertiary/aromatic N) is 1. The number of benzene rings is 3. The summed E-state index contributed by atoms with van der Waals surface area (Å²) in [6.45, 7) is 2.55. The third-order valence-corrected chi connectivity index (χ3v) is 5.21. The van der Waals surface area contributed by atoms with Gasteiger partial charge in [0.15, 0.2) is 0 Å². The standard InChI is InChI=1S/C21H18ClNO4S/c1-2-26-19-11-7-18(8-12-19)23-15-16-3-9-20(10-4-16)27-28(24,25)21-13-5-17(22)6-14-21/h3-15H,2H2,1H3. The van der Waals surface area contributed by atoms with Crippen molar-refractivity contribution in [2.45, 2.75) is 11.8 Å². The van der Waals surface area contributed by atoms with Gasteiger partial charge in [0.1, 0.15) is 16.4 Å². The minimum absolute atomic E-state index is 0.0399. The second-order valence-corrected chi connectivity index (χ2v) is 7.73. The lowest BCUT2D eigenvalue weighted by atomic mass is 10.2. The summed E-state index contributed by atoms with van der Waals surface area (Å²) >= 11 is 5.78. The van der Waals surface area contributed by atoms with Crippen LogP contribution in [0, 0.1) is 0 Å². The van der Waals surface area contributed by atoms with E-state index in [2.05, 4.69) is 4.99 Å². The molecule has 0 saturated heterocycles. The molecule has 0 fully saturated rings. The number of hydrogen-bond acceptors (Lipinski definition) is 5. The molecule has 0 aliphatic rings. The van der Waals surface area contributed by atoms with E-state index >= 15 is 0 Å². The number of rotatable bonds is 7. The molecule has 0 N–H and O–H groups in total. The molecule has 0 spiro atoms. The second-order valence-electron chi connectivity index (χ2n) is 5.75. The Labute approximate surface area is 169 Å². The molecule has 0 heterocycles. The van der Waals surface area contributed by atoms with Gasteiger partial charge in [-0.25, -0.2) is 0 Å². The minimum Gasteiger partial charge on any atom is -0.494 e. The Bertz CT molecular complexity index is 1050. The maximum atomic E-state index is 12.3. The molecule has 0 saturated carbocycles. The van der Waals surface area contributed by atoms with E-state index in [1.54, 1.807) is 30.5 Å². The van der Waals surface area contributed by atoms with Gasteiger partial charge in [-0.3, -0.25) is 4.99 Å². The normalized spacial score (nSPS) is 11.5. The Morgan fingerprint density at radius 2 is 1.50 bits per heavy atom. The van der Waals surface area contributed by atoms with E-state index in [9.17, 15) is 8.42 Å². The molecule has 0 amide bonds. The molecule has 0 aromatic heterocycles. The first-order valence-corrected chi connectivity index (χ1v) is 10.3. The Morgan fingerprint density at radius 1 is 0.893 bits per heavy atom. The Hall–Kier alpha value is -2.83. The summed E-state index contributed by atoms with van der Waals surface area (Å²) in [5.41, 5.74) is 1.60. The third kappa shape index (κ3) is 5.34. The fourth-order valence-corrected chi connectivity index (χ4v) is 3.39. The zero-order valence-corrected chi connectivity index (χ0v) is 16.7. The molecular weight excluding hydrogens is 398 g/mol. The molecule has 5 nitrogen and oxygen atoms in total. The average molecular weight is 416 g/mol. The predicted molar refractivity (Wildman–Crippen MR) is 111 cm³/mol. The predicted octanol–water partition coefficient (Wildman–Crippen LogP) is 5.26. The smallest absolute Gasteiger partial charge is 0.339 e. The van der Waals surface area contributed by atoms with Crippen LogP contribution in [0.25, 0.3) is 0 Å². The monoisotopic (exact) mass is 415 g/mol. The van der Waals surface area contributed by atoms with Crippen molar-refractivity contribution >= 4 is 33.6 Å². The summed E-state index contributed by atoms with van der Waals surface area (Å²) in [5.74, 6) is 1.01. The van der Waals surface area contributed by atoms with Crippen molar-refractivity contribution in [1.82, 2.24) is 0 Å². The molecule has 0 unspecified atom stereocenters. The van der Waals surface area contributed by atoms with Crippen LogP contribution in [0.3, 0.4) is 0 Å². The largest absolute Gasteiger partial charge is 0.494 e. The van der Waals surface area contributed by atoms with Gasteiger partial charge in [-0.2, -0.15) is 8.42 Å². The van der Waals surface area contributed by atoms with Crippen LogP contribution >= 0.6 is 11.6 Å². The van der Waals surface area contributed by atoms with E-state index in [-0.39, 0.29) is 10.6 Å². The van der Waals surface area contributed by atoms with Gasteiger partial charge in [-0.05, 0) is 85.3 Å². The van der Waals surface area contributed by atoms with Crippen LogP contribution in [0.5, 0.6) is 11.5 Å². The first kappa shape index (κ1) is 19.9. The zero-order valence-electron chi connectivity index (χ0n) is 15.1. The molecule has 0 atom stereocenters. The molecule has 0 aliphatic carbocycles. The number of halogens is 1. The molecule has 3 aromatic carbocycles. The molecule has 0 radical (unpaired) electrons. The lowest BCUT2D eigenvalue weighted by molar-refractivity contribution is 0.340. The summed E-state index contributed by atoms with van der Waals surface area (Å²) in [6, 6.07) is 19.8. The molecule has 28 heavy (non-hydrogen) atoms. The van der Waals surface area contributed by atoms with Crippen LogP contribution in [0.2, 0.25) is 5.02 Å². The highest BCUT2D eigenvalue weighted by Crippen LogP contribution is 2.21. The molecule has 0 aliphatic heterocycles. The van der Waals surface area contributed by atoms with E-state index in [1.807, 2.05) is 31.2 Å². The van der Waals surface area contributed by atoms with Crippen LogP contribution in [-0.2, 0) is 10.1 Å². The number of aliphatic imine (C=N–C) groups is 1. The SMILES string of the molecule is CCOc1ccc(N=Cc2ccc(OS(=O)(=O)c3ccc(Cl)cc3)cc2)cc1. The van der Waals surface area contributed by atoms with Gasteiger partial charge in [-0.15, -0.1) is 0 Å². The molecule has 3 aromatic rings. The van der Waals surface area contributed by atoms with Gasteiger partial charge in [0.05, 0.1) is 12.3 Å². The molecular formula is C21H18ClNO4S. The van der Waals surface area contributed by atoms with E-state index in [4.69, 9.17) is 20.5 Å². The van der Waals surface area contributed by atoms with Gasteiger partial charge < -0.3 is 8.92 Å². The van der Waals surface area contributed by atoms with Gasteiger partial charge in [-0.1, -0.05) is 11.6 Å². The first-order valence-electron chi connectivity index (χ1n) is 8.53. The van der Waals surface area contributed by atoms with E-state index < -0.39 is 10.1 Å². The summed E-state index contributed by atoms with van der Waals surface area (Å²) in [7, 11) is -3.91. The van der Waals surface area contributed by atoms with Crippen LogP contribution in [0.1, 0.15) is 12.5 Å². The Kier molecular flexibility index (Phi) is 6.34. The van der Waals surface area contributed by atoms with E-state index in [0.29, 0.717) is 11.6 Å². The van der Waals surface area contributed by atoms with Gasteiger partial charge in [0.25, 0.3) is 0 Å². The molecule has 144 valence electrons. The summed E-state index contributed by atoms with van der Waals surface area (Å²) in [6.07, 6.45) is 1.69. The third-order valence-electron chi connectivity index (χ3n) is 3.70. The highest BCUT2D eigenvalue weighted by molar-refractivity contribution is 7.87. The van der Waals surface area contributed by atoms with Crippen molar-refractivity contribution in [3.05, 3.63) is 83.4 Å². The molecule has 3 rings (SSSR count). The van der Waals surface area contributed by atoms with Crippen molar-refractivity contribution in [1.29, 1.82) is 0 Å². The van der Waals surface area contributed by atoms with Crippen LogP contribution in [-0.4, -0.2) is 21.2 Å². The first-order chi connectivity index (χ1) is 13.5. The average Bonchev–Trinajstić information content (AvgIpc) is 2.69. The van der Waals surface area contributed by atoms with Crippen LogP contribution in [0.15, 0.2) is 82.7 Å². The zero-order chi connectivity index (χ0) is 20.0. The van der Waals surface area contributed by atoms with Crippen molar-refractivity contribution < 1.29 is 17.3 Å². The van der Waals surface area contributed by atoms with Crippen molar-refractivity contribution in [3.63, 3.8) is 0 Å². The second kappa shape index (κ2) is 8.91. The van der Waals surface area contributed by atoms with E-state index in [1.165, 1.54) is 24.3 Å². The lowest BCUT2D eigenvalue weighted by Gasteiger charge is -2.07. The Balaban J connectivity index is 1.66. The quantitative estimate of drug-likeness (QED) is 0.390. The van der Waals surface area contributed by atoms with Crippen LogP contribution in [0.4, 0.5) is 5.69 Å². The molecule has 0 bridgehead atoms. The highest BCUT2D eigenvalue weighted by atomic mass is 35.5. The number of ether oxygens (including phenoxy) is 1. The summed E-state index contributed by atoms with van der Waals surface area (Å²) in [4.78, 5) is 4.43. The van der Waals surface area contributed by atoms with Gasteiger partial charge in [0.2, 0.25) is 0 Å². The lowest BCUT2D eigenvalue weighted by Crippen LogP contribution is -2.09. The summed E-state index contributed by atoms with van der Waals surface area (Å²) in [5, 5.41) is 0.454. The fourth-order valence-electron chi connectivity index (χ4n) is 2.33. The summed E-state index contributed by atoms with van der Waals surface area (Å²) < 4.78 is 35.1.